The van der Waals surface area contributed by atoms with E-state index in [-0.39, 0.29) is 31.2 Å². The van der Waals surface area contributed by atoms with E-state index in [9.17, 15) is 19.7 Å². The van der Waals surface area contributed by atoms with E-state index in [4.69, 9.17) is 14.6 Å². The van der Waals surface area contributed by atoms with Crippen LogP contribution >= 0.6 is 0 Å². The van der Waals surface area contributed by atoms with Gasteiger partial charge in [0.1, 0.15) is 5.75 Å². The van der Waals surface area contributed by atoms with E-state index in [2.05, 4.69) is 0 Å². The fourth-order valence-electron chi connectivity index (χ4n) is 2.02. The van der Waals surface area contributed by atoms with Gasteiger partial charge in [0.05, 0.1) is 24.2 Å². The molecule has 0 aromatic heterocycles. The van der Waals surface area contributed by atoms with E-state index < -0.39 is 29.4 Å². The number of hydrogen-bond acceptors (Lipinski definition) is 6. The van der Waals surface area contributed by atoms with Crippen LogP contribution in [0.1, 0.15) is 0 Å². The summed E-state index contributed by atoms with van der Waals surface area (Å²) in [5.41, 5.74) is -0.153. The molecule has 1 N–H and O–H groups in total. The predicted octanol–water partition coefficient (Wildman–Crippen LogP) is 0.286. The molecule has 118 valence electrons. The molecule has 1 amide bonds. The van der Waals surface area contributed by atoms with Crippen LogP contribution in [0.25, 0.3) is 0 Å². The zero-order valence-corrected chi connectivity index (χ0v) is 11.5. The lowest BCUT2D eigenvalue weighted by atomic mass is 10.2. The van der Waals surface area contributed by atoms with Crippen molar-refractivity contribution in [2.45, 2.75) is 6.04 Å². The van der Waals surface area contributed by atoms with Gasteiger partial charge in [0.25, 0.3) is 11.6 Å². The first-order valence-electron chi connectivity index (χ1n) is 6.46. The third-order valence-electron chi connectivity index (χ3n) is 3.12. The Morgan fingerprint density at radius 3 is 2.95 bits per heavy atom. The van der Waals surface area contributed by atoms with Gasteiger partial charge in [0.2, 0.25) is 0 Å². The Morgan fingerprint density at radius 2 is 2.27 bits per heavy atom. The average Bonchev–Trinajstić information content (AvgIpc) is 2.52. The van der Waals surface area contributed by atoms with Crippen LogP contribution < -0.4 is 4.74 Å². The van der Waals surface area contributed by atoms with Crippen LogP contribution in [0.15, 0.2) is 24.3 Å². The summed E-state index contributed by atoms with van der Waals surface area (Å²) >= 11 is 0. The summed E-state index contributed by atoms with van der Waals surface area (Å²) in [7, 11) is 0. The number of rotatable bonds is 5. The number of nitrogens with zero attached hydrogens (tertiary/aromatic N) is 2. The Labute approximate surface area is 125 Å². The molecule has 0 aliphatic carbocycles. The van der Waals surface area contributed by atoms with Gasteiger partial charge in [-0.3, -0.25) is 14.9 Å². The molecule has 1 saturated heterocycles. The minimum atomic E-state index is -1.15. The van der Waals surface area contributed by atoms with Crippen molar-refractivity contribution >= 4 is 17.6 Å². The fourth-order valence-corrected chi connectivity index (χ4v) is 2.02. The van der Waals surface area contributed by atoms with Crippen LogP contribution in [0.5, 0.6) is 5.75 Å². The van der Waals surface area contributed by atoms with Crippen molar-refractivity contribution in [2.75, 3.05) is 26.4 Å². The Morgan fingerprint density at radius 1 is 1.50 bits per heavy atom. The van der Waals surface area contributed by atoms with E-state index in [0.717, 1.165) is 0 Å². The van der Waals surface area contributed by atoms with Crippen LogP contribution in [-0.2, 0) is 14.3 Å². The van der Waals surface area contributed by atoms with Gasteiger partial charge in [-0.05, 0) is 6.07 Å². The molecule has 1 unspecified atom stereocenters. The Kier molecular flexibility index (Phi) is 4.89. The molecule has 1 aromatic carbocycles. The highest BCUT2D eigenvalue weighted by molar-refractivity contribution is 5.84. The number of aliphatic carboxylic acids is 1. The summed E-state index contributed by atoms with van der Waals surface area (Å²) in [6.07, 6.45) is 0. The van der Waals surface area contributed by atoms with E-state index in [1.807, 2.05) is 0 Å². The van der Waals surface area contributed by atoms with Gasteiger partial charge < -0.3 is 19.5 Å². The van der Waals surface area contributed by atoms with Gasteiger partial charge in [0, 0.05) is 12.6 Å². The second kappa shape index (κ2) is 6.85. The summed E-state index contributed by atoms with van der Waals surface area (Å²) < 4.78 is 10.2. The number of benzene rings is 1. The number of nitro groups is 1. The van der Waals surface area contributed by atoms with Crippen molar-refractivity contribution < 1.29 is 29.1 Å². The lowest BCUT2D eigenvalue weighted by molar-refractivity contribution is -0.384. The number of morpholine rings is 1. The number of carboxylic acids is 1. The number of nitro benzene ring substituents is 1. The second-order valence-electron chi connectivity index (χ2n) is 4.56. The lowest BCUT2D eigenvalue weighted by Gasteiger charge is -2.32. The van der Waals surface area contributed by atoms with E-state index in [0.29, 0.717) is 0 Å². The number of amides is 1. The van der Waals surface area contributed by atoms with Gasteiger partial charge in [-0.1, -0.05) is 6.07 Å². The lowest BCUT2D eigenvalue weighted by Crippen LogP contribution is -2.53. The Bertz CT molecular complexity index is 590. The standard InChI is InChI=1S/C13H14N2O7/c16-12(14-4-5-21-7-11(14)13(17)18)8-22-10-3-1-2-9(6-10)15(19)20/h1-3,6,11H,4-5,7-8H2,(H,17,18). The molecule has 2 rings (SSSR count). The van der Waals surface area contributed by atoms with E-state index in [1.165, 1.54) is 29.2 Å². The zero-order chi connectivity index (χ0) is 16.1. The highest BCUT2D eigenvalue weighted by atomic mass is 16.6. The van der Waals surface area contributed by atoms with Crippen molar-refractivity contribution in [1.29, 1.82) is 0 Å². The monoisotopic (exact) mass is 310 g/mol. The largest absolute Gasteiger partial charge is 0.484 e. The molecule has 9 nitrogen and oxygen atoms in total. The molecule has 1 fully saturated rings. The normalized spacial score (nSPS) is 17.8. The van der Waals surface area contributed by atoms with Crippen LogP contribution in [0.3, 0.4) is 0 Å². The molecule has 1 aliphatic heterocycles. The third-order valence-corrected chi connectivity index (χ3v) is 3.12. The molecule has 1 aliphatic rings. The van der Waals surface area contributed by atoms with Gasteiger partial charge in [-0.15, -0.1) is 0 Å². The first-order chi connectivity index (χ1) is 10.5. The average molecular weight is 310 g/mol. The van der Waals surface area contributed by atoms with Crippen molar-refractivity contribution in [3.63, 3.8) is 0 Å². The topological polar surface area (TPSA) is 119 Å². The number of carbonyl (C=O) groups is 2. The molecule has 1 aromatic rings. The minimum absolute atomic E-state index is 0.0715. The second-order valence-corrected chi connectivity index (χ2v) is 4.56. The molecule has 0 saturated carbocycles. The Balaban J connectivity index is 1.98. The van der Waals surface area contributed by atoms with Crippen molar-refractivity contribution in [2.24, 2.45) is 0 Å². The maximum absolute atomic E-state index is 12.1. The minimum Gasteiger partial charge on any atom is -0.484 e. The van der Waals surface area contributed by atoms with Crippen LogP contribution in [0.2, 0.25) is 0 Å². The number of carboxylic acid groups (broad SMARTS) is 1. The molecule has 1 heterocycles. The predicted molar refractivity (Wildman–Crippen MR) is 72.5 cm³/mol. The SMILES string of the molecule is O=C(O)C1COCCN1C(=O)COc1cccc([N+](=O)[O-])c1. The van der Waals surface area contributed by atoms with Crippen molar-refractivity contribution in [3.8, 4) is 5.75 Å². The summed E-state index contributed by atoms with van der Waals surface area (Å²) in [5.74, 6) is -1.49. The van der Waals surface area contributed by atoms with Crippen molar-refractivity contribution in [1.82, 2.24) is 4.90 Å². The van der Waals surface area contributed by atoms with Crippen LogP contribution in [0, 0.1) is 10.1 Å². The molecule has 9 heteroatoms. The van der Waals surface area contributed by atoms with Gasteiger partial charge in [0.15, 0.2) is 12.6 Å². The zero-order valence-electron chi connectivity index (χ0n) is 11.5. The number of ether oxygens (including phenoxy) is 2. The summed E-state index contributed by atoms with van der Waals surface area (Å²) in [4.78, 5) is 34.4. The fraction of sp³-hybridized carbons (Fsp3) is 0.385. The molecule has 0 bridgehead atoms. The number of non-ortho nitro benzene ring substituents is 1. The highest BCUT2D eigenvalue weighted by Crippen LogP contribution is 2.19. The van der Waals surface area contributed by atoms with Crippen molar-refractivity contribution in [3.05, 3.63) is 34.4 Å². The van der Waals surface area contributed by atoms with Crippen LogP contribution in [-0.4, -0.2) is 59.2 Å². The first kappa shape index (κ1) is 15.7. The van der Waals surface area contributed by atoms with Crippen LogP contribution in [0.4, 0.5) is 5.69 Å². The molecular formula is C13H14N2O7. The summed E-state index contributed by atoms with van der Waals surface area (Å²) in [6, 6.07) is 4.37. The molecule has 0 radical (unpaired) electrons. The van der Waals surface area contributed by atoms with Gasteiger partial charge >= 0.3 is 5.97 Å². The molecule has 22 heavy (non-hydrogen) atoms. The first-order valence-corrected chi connectivity index (χ1v) is 6.46. The maximum atomic E-state index is 12.1. The molecular weight excluding hydrogens is 296 g/mol. The quantitative estimate of drug-likeness (QED) is 0.613. The summed E-state index contributed by atoms with van der Waals surface area (Å²) in [6.45, 7) is -0.0523. The highest BCUT2D eigenvalue weighted by Gasteiger charge is 2.32. The van der Waals surface area contributed by atoms with E-state index >= 15 is 0 Å². The Hall–Kier alpha value is -2.68. The smallest absolute Gasteiger partial charge is 0.328 e. The maximum Gasteiger partial charge on any atom is 0.328 e. The number of hydrogen-bond donors (Lipinski definition) is 1. The van der Waals surface area contributed by atoms with Gasteiger partial charge in [-0.2, -0.15) is 0 Å². The summed E-state index contributed by atoms with van der Waals surface area (Å²) in [5, 5.41) is 19.7. The van der Waals surface area contributed by atoms with Gasteiger partial charge in [-0.25, -0.2) is 4.79 Å². The molecule has 1 atom stereocenters. The van der Waals surface area contributed by atoms with E-state index in [1.54, 1.807) is 0 Å². The third kappa shape index (κ3) is 3.70. The molecule has 0 spiro atoms. The number of carbonyl (C=O) groups excluding carboxylic acids is 1.